The Kier molecular flexibility index (Phi) is 15.6. The van der Waals surface area contributed by atoms with Gasteiger partial charge in [-0.25, -0.2) is 0 Å². The summed E-state index contributed by atoms with van der Waals surface area (Å²) in [5.41, 5.74) is -1.53. The zero-order valence-electron chi connectivity index (χ0n) is 44.3. The number of hydrogen-bond donors (Lipinski definition) is 12. The zero-order valence-corrected chi connectivity index (χ0v) is 44.3. The highest BCUT2D eigenvalue weighted by atomic mass is 16.8. The van der Waals surface area contributed by atoms with Crippen LogP contribution in [0.15, 0.2) is 11.6 Å². The maximum atomic E-state index is 13.2. The quantitative estimate of drug-likeness (QED) is 0.103. The number of hydrogen-bond acceptors (Lipinski definition) is 20. The predicted molar refractivity (Wildman–Crippen MR) is 256 cm³/mol. The first-order valence-corrected chi connectivity index (χ1v) is 27.0. The van der Waals surface area contributed by atoms with Crippen molar-refractivity contribution in [2.24, 2.45) is 50.2 Å². The van der Waals surface area contributed by atoms with Gasteiger partial charge in [0.1, 0.15) is 84.8 Å². The molecule has 5 aliphatic carbocycles. The first kappa shape index (κ1) is 57.1. The normalized spacial score (nSPS) is 55.2. The van der Waals surface area contributed by atoms with Crippen LogP contribution in [0.4, 0.5) is 0 Å². The van der Waals surface area contributed by atoms with Crippen molar-refractivity contribution >= 4 is 5.97 Å². The number of ether oxygens (including phenoxy) is 8. The van der Waals surface area contributed by atoms with Gasteiger partial charge in [0.25, 0.3) is 0 Å². The van der Waals surface area contributed by atoms with E-state index >= 15 is 0 Å². The Labute approximate surface area is 433 Å². The maximum Gasteiger partial charge on any atom is 0.312 e. The molecule has 0 aromatic carbocycles. The predicted octanol–water partition coefficient (Wildman–Crippen LogP) is 0.196. The summed E-state index contributed by atoms with van der Waals surface area (Å²) in [7, 11) is 0. The second-order valence-corrected chi connectivity index (χ2v) is 25.9. The average Bonchev–Trinajstić information content (AvgIpc) is 3.33. The summed E-state index contributed by atoms with van der Waals surface area (Å²) in [4.78, 5) is 13.2. The molecule has 4 saturated heterocycles. The molecule has 0 aromatic rings. The number of carbonyl (C=O) groups is 1. The third-order valence-electron chi connectivity index (χ3n) is 21.0. The fraction of sp³-hybridized carbons (Fsp3) is 0.943. The molecule has 0 spiro atoms. The summed E-state index contributed by atoms with van der Waals surface area (Å²) in [5, 5.41) is 132. The molecule has 0 aromatic heterocycles. The van der Waals surface area contributed by atoms with Crippen molar-refractivity contribution in [2.45, 2.75) is 249 Å². The fourth-order valence-corrected chi connectivity index (χ4v) is 16.3. The van der Waals surface area contributed by atoms with E-state index in [0.29, 0.717) is 25.7 Å². The molecule has 21 heteroatoms. The molecule has 0 bridgehead atoms. The number of fused-ring (bicyclic) bond motifs is 7. The van der Waals surface area contributed by atoms with Crippen LogP contribution in [0.1, 0.15) is 120 Å². The molecular weight excluding hydrogens is 973 g/mol. The summed E-state index contributed by atoms with van der Waals surface area (Å²) in [6.07, 6.45) is -22.7. The molecule has 9 aliphatic rings. The Balaban J connectivity index is 0.943. The van der Waals surface area contributed by atoms with Crippen LogP contribution in [-0.2, 0) is 42.7 Å². The van der Waals surface area contributed by atoms with Gasteiger partial charge in [-0.15, -0.1) is 0 Å². The molecule has 12 N–H and O–H groups in total. The third-order valence-corrected chi connectivity index (χ3v) is 21.0. The Morgan fingerprint density at radius 1 is 0.622 bits per heavy atom. The lowest BCUT2D eigenvalue weighted by Gasteiger charge is -2.71. The second kappa shape index (κ2) is 20.2. The summed E-state index contributed by atoms with van der Waals surface area (Å²) in [6, 6.07) is 0. The van der Waals surface area contributed by atoms with Crippen molar-refractivity contribution in [1.29, 1.82) is 0 Å². The molecule has 8 fully saturated rings. The molecule has 0 radical (unpaired) electrons. The van der Waals surface area contributed by atoms with Crippen LogP contribution in [0.2, 0.25) is 0 Å². The van der Waals surface area contributed by atoms with Crippen molar-refractivity contribution in [3.05, 3.63) is 11.6 Å². The van der Waals surface area contributed by atoms with Crippen molar-refractivity contribution in [1.82, 2.24) is 0 Å². The first-order chi connectivity index (χ1) is 34.4. The summed E-state index contributed by atoms with van der Waals surface area (Å²) < 4.78 is 48.2. The SMILES string of the molecule is C[C@H]1O[C@@H](O[C@H]2[C@H](O)[C@@H](O)[C@H](O[C@H]3CC[C@]4(C)[C@H]5CC=C6[C@@H]7CC(C)(C)CC[C@]7(C(=O)O)C(O)C[C@@]6(C)[C@]5(C)CC[C@H]4C3(C)C)O[C@@H]2CO[C@@H]2OC[C@@H](O)[C@H](O)[C@H]2O)[C@H](O)[C@H](O[C@@H]2O[C@H](C)[C@@H](O)[C@@H](O)[C@H]2O)[C@H]1O. The van der Waals surface area contributed by atoms with E-state index in [1.807, 2.05) is 0 Å². The van der Waals surface area contributed by atoms with Crippen LogP contribution >= 0.6 is 0 Å². The van der Waals surface area contributed by atoms with Crippen molar-refractivity contribution in [3.8, 4) is 0 Å². The van der Waals surface area contributed by atoms with Gasteiger partial charge in [-0.05, 0) is 116 Å². The van der Waals surface area contributed by atoms with Crippen LogP contribution in [0.25, 0.3) is 0 Å². The number of aliphatic carboxylic acids is 1. The smallest absolute Gasteiger partial charge is 0.312 e. The Bertz CT molecular complexity index is 2060. The van der Waals surface area contributed by atoms with E-state index in [1.165, 1.54) is 19.4 Å². The molecule has 1 unspecified atom stereocenters. The van der Waals surface area contributed by atoms with E-state index in [-0.39, 0.29) is 40.6 Å². The van der Waals surface area contributed by atoms with Gasteiger partial charge in [-0.2, -0.15) is 0 Å². The number of aliphatic hydroxyl groups excluding tert-OH is 11. The third kappa shape index (κ3) is 9.08. The maximum absolute atomic E-state index is 13.2. The Morgan fingerprint density at radius 3 is 1.91 bits per heavy atom. The van der Waals surface area contributed by atoms with Gasteiger partial charge in [0.05, 0.1) is 37.6 Å². The molecule has 424 valence electrons. The monoisotopic (exact) mass is 1060 g/mol. The van der Waals surface area contributed by atoms with Crippen molar-refractivity contribution in [3.63, 3.8) is 0 Å². The number of carboxylic acids is 1. The van der Waals surface area contributed by atoms with Crippen LogP contribution in [0, 0.1) is 50.2 Å². The molecule has 0 amide bonds. The molecular formula is C53H86O21. The highest BCUT2D eigenvalue weighted by Crippen LogP contribution is 2.76. The van der Waals surface area contributed by atoms with Gasteiger partial charge in [-0.3, -0.25) is 4.79 Å². The molecule has 74 heavy (non-hydrogen) atoms. The van der Waals surface area contributed by atoms with Gasteiger partial charge in [0.15, 0.2) is 25.2 Å². The molecule has 4 saturated carbocycles. The summed E-state index contributed by atoms with van der Waals surface area (Å²) >= 11 is 0. The molecule has 28 atom stereocenters. The zero-order chi connectivity index (χ0) is 54.2. The lowest BCUT2D eigenvalue weighted by Crippen LogP contribution is -2.68. The van der Waals surface area contributed by atoms with Gasteiger partial charge >= 0.3 is 5.97 Å². The first-order valence-electron chi connectivity index (χ1n) is 27.0. The van der Waals surface area contributed by atoms with Gasteiger partial charge < -0.3 is 99.2 Å². The second-order valence-electron chi connectivity index (χ2n) is 25.9. The molecule has 21 nitrogen and oxygen atoms in total. The highest BCUT2D eigenvalue weighted by Gasteiger charge is 2.72. The minimum Gasteiger partial charge on any atom is -0.481 e. The van der Waals surface area contributed by atoms with E-state index in [9.17, 15) is 66.1 Å². The van der Waals surface area contributed by atoms with Gasteiger partial charge in [0.2, 0.25) is 0 Å². The summed E-state index contributed by atoms with van der Waals surface area (Å²) in [6.45, 7) is 17.7. The number of allylic oxidation sites excluding steroid dienone is 2. The number of aliphatic hydroxyl groups is 11. The van der Waals surface area contributed by atoms with E-state index in [1.54, 1.807) is 0 Å². The van der Waals surface area contributed by atoms with Crippen LogP contribution in [0.5, 0.6) is 0 Å². The molecule has 4 heterocycles. The number of carboxylic acid groups (broad SMARTS) is 1. The Morgan fingerprint density at radius 2 is 1.23 bits per heavy atom. The summed E-state index contributed by atoms with van der Waals surface area (Å²) in [5.74, 6) is -0.885. The fourth-order valence-electron chi connectivity index (χ4n) is 16.3. The van der Waals surface area contributed by atoms with E-state index in [2.05, 4.69) is 54.5 Å². The van der Waals surface area contributed by atoms with E-state index in [4.69, 9.17) is 37.9 Å². The molecule has 4 aliphatic heterocycles. The minimum absolute atomic E-state index is 0.0668. The van der Waals surface area contributed by atoms with Crippen LogP contribution < -0.4 is 0 Å². The van der Waals surface area contributed by atoms with Crippen LogP contribution in [-0.4, -0.2) is 209 Å². The van der Waals surface area contributed by atoms with Gasteiger partial charge in [0, 0.05) is 0 Å². The Hall–Kier alpha value is -1.55. The van der Waals surface area contributed by atoms with E-state index < -0.39 is 158 Å². The lowest BCUT2D eigenvalue weighted by molar-refractivity contribution is -0.384. The topological polar surface area (TPSA) is 334 Å². The highest BCUT2D eigenvalue weighted by molar-refractivity contribution is 5.77. The molecule has 9 rings (SSSR count). The van der Waals surface area contributed by atoms with Crippen molar-refractivity contribution in [2.75, 3.05) is 13.2 Å². The standard InChI is InChI=1S/C53H86O21/c1-22-32(56)35(59)38(62)44(69-22)74-42-33(57)23(2)70-46(40(42)64)73-41-27(21-68-43-37(61)34(58)26(54)20-67-43)71-45(39(63)36(41)60)72-31-13-14-50(7)28(49(31,5)6)12-15-51(8)29(50)11-10-24-25-18-48(3,4)16-17-53(25,47(65)66)30(55)19-52(24,51)9/h10,22-23,25-46,54-64H,11-21H2,1-9H3,(H,65,66)/t22-,23-,25+,26-,27-,28+,29-,30?,31+,32-,33+,34+,35-,36-,37-,38-,39-,40-,41-,42-,43+,44+,45+,46+,50+,51-,52-,53-/m1/s1. The average molecular weight is 1060 g/mol. The minimum atomic E-state index is -1.86. The lowest BCUT2D eigenvalue weighted by atomic mass is 9.33. The number of rotatable bonds is 10. The van der Waals surface area contributed by atoms with Gasteiger partial charge in [-0.1, -0.05) is 60.1 Å². The largest absolute Gasteiger partial charge is 0.481 e. The van der Waals surface area contributed by atoms with Crippen molar-refractivity contribution < 1.29 is 104 Å². The van der Waals surface area contributed by atoms with E-state index in [0.717, 1.165) is 32.1 Å². The van der Waals surface area contributed by atoms with Crippen LogP contribution in [0.3, 0.4) is 0 Å².